The summed E-state index contributed by atoms with van der Waals surface area (Å²) in [5.41, 5.74) is 5.83. The second kappa shape index (κ2) is 5.07. The highest BCUT2D eigenvalue weighted by Crippen LogP contribution is 2.27. The van der Waals surface area contributed by atoms with Crippen molar-refractivity contribution in [1.29, 1.82) is 0 Å². The molecule has 0 fully saturated rings. The molecule has 0 aliphatic heterocycles. The third-order valence-corrected chi connectivity index (χ3v) is 3.73. The minimum Gasteiger partial charge on any atom is -0.275 e. The summed E-state index contributed by atoms with van der Waals surface area (Å²) in [6.07, 6.45) is 0. The maximum Gasteiger partial charge on any atom is 0.203 e. The third-order valence-electron chi connectivity index (χ3n) is 3.73. The monoisotopic (exact) mass is 286 g/mol. The number of rotatable bonds is 2. The molecule has 22 heavy (non-hydrogen) atoms. The summed E-state index contributed by atoms with van der Waals surface area (Å²) < 4.78 is 0. The summed E-state index contributed by atoms with van der Waals surface area (Å²) in [5, 5.41) is 16.8. The van der Waals surface area contributed by atoms with Crippen molar-refractivity contribution in [1.82, 2.24) is 20.4 Å². The van der Waals surface area contributed by atoms with Gasteiger partial charge >= 0.3 is 0 Å². The highest BCUT2D eigenvalue weighted by molar-refractivity contribution is 5.92. The molecule has 4 nitrogen and oxygen atoms in total. The maximum absolute atomic E-state index is 4.28. The topological polar surface area (TPSA) is 54.5 Å². The Balaban J connectivity index is 1.88. The molecule has 0 spiro atoms. The Bertz CT molecular complexity index is 924. The van der Waals surface area contributed by atoms with Crippen LogP contribution in [0.4, 0.5) is 0 Å². The van der Waals surface area contributed by atoms with Crippen molar-refractivity contribution in [2.75, 3.05) is 0 Å². The Morgan fingerprint density at radius 2 is 1.59 bits per heavy atom. The van der Waals surface area contributed by atoms with Gasteiger partial charge < -0.3 is 0 Å². The summed E-state index contributed by atoms with van der Waals surface area (Å²) in [4.78, 5) is 0. The normalized spacial score (nSPS) is 11.0. The van der Waals surface area contributed by atoms with Crippen molar-refractivity contribution in [3.05, 3.63) is 66.2 Å². The first-order chi connectivity index (χ1) is 10.8. The number of hydrogen-bond donors (Lipinski definition) is 1. The van der Waals surface area contributed by atoms with E-state index in [1.54, 1.807) is 0 Å². The molecule has 0 amide bonds. The first-order valence-corrected chi connectivity index (χ1v) is 7.15. The molecule has 4 heteroatoms. The van der Waals surface area contributed by atoms with E-state index in [-0.39, 0.29) is 0 Å². The zero-order valence-corrected chi connectivity index (χ0v) is 12.1. The summed E-state index contributed by atoms with van der Waals surface area (Å²) in [5.74, 6) is 0. The van der Waals surface area contributed by atoms with Gasteiger partial charge in [0.2, 0.25) is 5.65 Å². The van der Waals surface area contributed by atoms with Crippen LogP contribution in [0.5, 0.6) is 0 Å². The molecule has 0 saturated heterocycles. The van der Waals surface area contributed by atoms with Crippen molar-refractivity contribution in [3.8, 4) is 22.5 Å². The lowest BCUT2D eigenvalue weighted by Crippen LogP contribution is -1.88. The highest BCUT2D eigenvalue weighted by Gasteiger charge is 2.11. The van der Waals surface area contributed by atoms with Crippen LogP contribution in [0.1, 0.15) is 5.56 Å². The molecule has 0 unspecified atom stereocenters. The van der Waals surface area contributed by atoms with Gasteiger partial charge in [-0.2, -0.15) is 5.10 Å². The third kappa shape index (κ3) is 2.15. The lowest BCUT2D eigenvalue weighted by Gasteiger charge is -2.02. The summed E-state index contributed by atoms with van der Waals surface area (Å²) in [6, 6.07) is 20.5. The number of benzene rings is 2. The minimum absolute atomic E-state index is 0.634. The molecule has 1 N–H and O–H groups in total. The van der Waals surface area contributed by atoms with Gasteiger partial charge in [0.05, 0.1) is 16.8 Å². The number of fused-ring (bicyclic) bond motifs is 1. The number of hydrogen-bond acceptors (Lipinski definition) is 3. The van der Waals surface area contributed by atoms with E-state index in [2.05, 4.69) is 63.7 Å². The Morgan fingerprint density at radius 1 is 0.818 bits per heavy atom. The average Bonchev–Trinajstić information content (AvgIpc) is 2.99. The van der Waals surface area contributed by atoms with Gasteiger partial charge in [0.15, 0.2) is 0 Å². The maximum atomic E-state index is 4.28. The van der Waals surface area contributed by atoms with Gasteiger partial charge in [0.1, 0.15) is 0 Å². The second-order valence-corrected chi connectivity index (χ2v) is 5.30. The molecular formula is C18H14N4. The molecule has 2 heterocycles. The average molecular weight is 286 g/mol. The molecule has 4 rings (SSSR count). The van der Waals surface area contributed by atoms with Crippen molar-refractivity contribution in [2.24, 2.45) is 0 Å². The van der Waals surface area contributed by atoms with E-state index in [9.17, 15) is 0 Å². The summed E-state index contributed by atoms with van der Waals surface area (Å²) >= 11 is 0. The molecular weight excluding hydrogens is 272 g/mol. The second-order valence-electron chi connectivity index (χ2n) is 5.30. The molecule has 2 aromatic carbocycles. The van der Waals surface area contributed by atoms with Crippen LogP contribution >= 0.6 is 0 Å². The lowest BCUT2D eigenvalue weighted by molar-refractivity contribution is 1.03. The van der Waals surface area contributed by atoms with E-state index < -0.39 is 0 Å². The van der Waals surface area contributed by atoms with E-state index in [1.807, 2.05) is 24.3 Å². The fraction of sp³-hybridized carbons (Fsp3) is 0.0556. The van der Waals surface area contributed by atoms with E-state index in [0.29, 0.717) is 5.65 Å². The van der Waals surface area contributed by atoms with E-state index in [0.717, 1.165) is 27.9 Å². The van der Waals surface area contributed by atoms with E-state index >= 15 is 0 Å². The van der Waals surface area contributed by atoms with Crippen molar-refractivity contribution >= 4 is 11.0 Å². The van der Waals surface area contributed by atoms with Gasteiger partial charge in [-0.25, -0.2) is 0 Å². The molecule has 0 aliphatic rings. The van der Waals surface area contributed by atoms with Gasteiger partial charge in [-0.3, -0.25) is 5.10 Å². The Kier molecular flexibility index (Phi) is 2.93. The molecule has 0 saturated carbocycles. The quantitative estimate of drug-likeness (QED) is 0.606. The lowest BCUT2D eigenvalue weighted by atomic mass is 10.1. The number of aromatic amines is 1. The van der Waals surface area contributed by atoms with E-state index in [4.69, 9.17) is 0 Å². The van der Waals surface area contributed by atoms with Crippen LogP contribution in [0.3, 0.4) is 0 Å². The minimum atomic E-state index is 0.634. The standard InChI is InChI=1S/C18H14N4/c1-12-7-9-13(10-8-12)16-11-15-17(14-5-3-2-4-6-14)20-22-18(15)21-19-16/h2-11H,1H3,(H,20,21,22). The Hall–Kier alpha value is -3.01. The zero-order chi connectivity index (χ0) is 14.9. The first-order valence-electron chi connectivity index (χ1n) is 7.15. The van der Waals surface area contributed by atoms with Crippen LogP contribution in [0.15, 0.2) is 60.7 Å². The molecule has 2 aromatic heterocycles. The number of nitrogens with one attached hydrogen (secondary N) is 1. The van der Waals surface area contributed by atoms with Gasteiger partial charge in [0, 0.05) is 11.1 Å². The largest absolute Gasteiger partial charge is 0.275 e. The summed E-state index contributed by atoms with van der Waals surface area (Å²) in [7, 11) is 0. The van der Waals surface area contributed by atoms with Crippen LogP contribution in [0.25, 0.3) is 33.5 Å². The fourth-order valence-corrected chi connectivity index (χ4v) is 2.51. The summed E-state index contributed by atoms with van der Waals surface area (Å²) in [6.45, 7) is 2.07. The molecule has 106 valence electrons. The molecule has 0 atom stereocenters. The molecule has 0 aliphatic carbocycles. The van der Waals surface area contributed by atoms with Gasteiger partial charge in [-0.15, -0.1) is 10.2 Å². The predicted octanol–water partition coefficient (Wildman–Crippen LogP) is 4.00. The molecule has 4 aromatic rings. The SMILES string of the molecule is Cc1ccc(-c2cc3c(-c4ccccc4)[nH]nc3nn2)cc1. The molecule has 0 radical (unpaired) electrons. The highest BCUT2D eigenvalue weighted by atomic mass is 15.2. The number of aromatic nitrogens is 4. The van der Waals surface area contributed by atoms with Crippen LogP contribution < -0.4 is 0 Å². The van der Waals surface area contributed by atoms with Crippen molar-refractivity contribution in [3.63, 3.8) is 0 Å². The van der Waals surface area contributed by atoms with Crippen LogP contribution in [0.2, 0.25) is 0 Å². The fourth-order valence-electron chi connectivity index (χ4n) is 2.51. The van der Waals surface area contributed by atoms with Gasteiger partial charge in [0.25, 0.3) is 0 Å². The smallest absolute Gasteiger partial charge is 0.203 e. The Morgan fingerprint density at radius 3 is 2.36 bits per heavy atom. The van der Waals surface area contributed by atoms with Crippen molar-refractivity contribution < 1.29 is 0 Å². The Labute approximate surface area is 127 Å². The van der Waals surface area contributed by atoms with Crippen LogP contribution in [-0.2, 0) is 0 Å². The van der Waals surface area contributed by atoms with Gasteiger partial charge in [-0.1, -0.05) is 60.2 Å². The first kappa shape index (κ1) is 12.7. The molecule has 0 bridgehead atoms. The number of H-pyrrole nitrogens is 1. The number of aryl methyl sites for hydroxylation is 1. The number of nitrogens with zero attached hydrogens (tertiary/aromatic N) is 3. The zero-order valence-electron chi connectivity index (χ0n) is 12.1. The predicted molar refractivity (Wildman–Crippen MR) is 87.3 cm³/mol. The van der Waals surface area contributed by atoms with Crippen LogP contribution in [0, 0.1) is 6.92 Å². The van der Waals surface area contributed by atoms with E-state index in [1.165, 1.54) is 5.56 Å². The van der Waals surface area contributed by atoms with Gasteiger partial charge in [-0.05, 0) is 13.0 Å². The van der Waals surface area contributed by atoms with Crippen molar-refractivity contribution in [2.45, 2.75) is 6.92 Å². The van der Waals surface area contributed by atoms with Crippen LogP contribution in [-0.4, -0.2) is 20.4 Å².